The lowest BCUT2D eigenvalue weighted by Gasteiger charge is -2.17. The predicted molar refractivity (Wildman–Crippen MR) is 83.4 cm³/mol. The van der Waals surface area contributed by atoms with E-state index >= 15 is 0 Å². The average Bonchev–Trinajstić information content (AvgIpc) is 2.46. The van der Waals surface area contributed by atoms with Crippen molar-refractivity contribution in [2.45, 2.75) is 38.1 Å². The predicted octanol–water partition coefficient (Wildman–Crippen LogP) is 1.30. The molecule has 1 rings (SSSR count). The maximum Gasteiger partial charge on any atom is 0.241 e. The van der Waals surface area contributed by atoms with Crippen LogP contribution in [0.1, 0.15) is 27.2 Å². The van der Waals surface area contributed by atoms with Gasteiger partial charge in [-0.05, 0) is 30.2 Å². The number of nitrogens with one attached hydrogen (secondary N) is 2. The highest BCUT2D eigenvalue weighted by Gasteiger charge is 2.19. The highest BCUT2D eigenvalue weighted by Crippen LogP contribution is 2.15. The van der Waals surface area contributed by atoms with Gasteiger partial charge in [-0.3, -0.25) is 4.79 Å². The van der Waals surface area contributed by atoms with Gasteiger partial charge in [-0.15, -0.1) is 0 Å². The second-order valence-corrected chi connectivity index (χ2v) is 6.69. The summed E-state index contributed by atoms with van der Waals surface area (Å²) in [5, 5.41) is 2.69. The molecular weight excluding hydrogens is 290 g/mol. The third kappa shape index (κ3) is 4.80. The zero-order valence-corrected chi connectivity index (χ0v) is 13.4. The molecule has 0 bridgehead atoms. The Morgan fingerprint density at radius 2 is 1.81 bits per heavy atom. The van der Waals surface area contributed by atoms with Gasteiger partial charge in [0.25, 0.3) is 0 Å². The Hall–Kier alpha value is -1.44. The highest BCUT2D eigenvalue weighted by atomic mass is 32.2. The summed E-state index contributed by atoms with van der Waals surface area (Å²) in [6, 6.07) is 5.40. The molecule has 0 heterocycles. The van der Waals surface area contributed by atoms with E-state index in [-0.39, 0.29) is 16.7 Å². The fourth-order valence-corrected chi connectivity index (χ4v) is 2.77. The fourth-order valence-electron chi connectivity index (χ4n) is 1.73. The van der Waals surface area contributed by atoms with Crippen molar-refractivity contribution in [1.29, 1.82) is 0 Å². The number of nitrogens with two attached hydrogens (primary N) is 1. The molecule has 0 spiro atoms. The van der Waals surface area contributed by atoms with Gasteiger partial charge in [-0.2, -0.15) is 0 Å². The number of anilines is 1. The maximum absolute atomic E-state index is 11.9. The van der Waals surface area contributed by atoms with E-state index in [2.05, 4.69) is 10.0 Å². The van der Waals surface area contributed by atoms with Crippen LogP contribution in [0.25, 0.3) is 0 Å². The van der Waals surface area contributed by atoms with Crippen LogP contribution in [0.3, 0.4) is 0 Å². The molecule has 1 aromatic carbocycles. The minimum Gasteiger partial charge on any atom is -0.325 e. The third-order valence-electron chi connectivity index (χ3n) is 3.33. The van der Waals surface area contributed by atoms with Crippen molar-refractivity contribution in [3.63, 3.8) is 0 Å². The molecule has 0 aromatic heterocycles. The van der Waals surface area contributed by atoms with Crippen LogP contribution in [0.2, 0.25) is 0 Å². The molecule has 1 unspecified atom stereocenters. The first-order valence-corrected chi connectivity index (χ1v) is 8.46. The average molecular weight is 313 g/mol. The monoisotopic (exact) mass is 313 g/mol. The molecule has 0 aliphatic carbocycles. The van der Waals surface area contributed by atoms with Gasteiger partial charge in [0, 0.05) is 12.2 Å². The molecule has 1 amide bonds. The molecule has 0 radical (unpaired) electrons. The van der Waals surface area contributed by atoms with E-state index in [1.807, 2.05) is 13.8 Å². The van der Waals surface area contributed by atoms with E-state index in [1.54, 1.807) is 19.1 Å². The molecule has 6 nitrogen and oxygen atoms in total. The van der Waals surface area contributed by atoms with Gasteiger partial charge < -0.3 is 11.1 Å². The van der Waals surface area contributed by atoms with Crippen molar-refractivity contribution in [2.24, 2.45) is 11.7 Å². The zero-order chi connectivity index (χ0) is 16.0. The summed E-state index contributed by atoms with van der Waals surface area (Å²) in [5.74, 6) is -0.190. The van der Waals surface area contributed by atoms with Gasteiger partial charge in [0.05, 0.1) is 10.9 Å². The quantitative estimate of drug-likeness (QED) is 0.706. The number of hydrogen-bond acceptors (Lipinski definition) is 4. The molecule has 0 saturated carbocycles. The second-order valence-electron chi connectivity index (χ2n) is 4.93. The second kappa shape index (κ2) is 7.53. The first-order chi connectivity index (χ1) is 9.81. The Morgan fingerprint density at radius 1 is 1.24 bits per heavy atom. The van der Waals surface area contributed by atoms with E-state index in [1.165, 1.54) is 12.1 Å². The first-order valence-electron chi connectivity index (χ1n) is 6.98. The van der Waals surface area contributed by atoms with E-state index < -0.39 is 16.1 Å². The lowest BCUT2D eigenvalue weighted by atomic mass is 9.99. The van der Waals surface area contributed by atoms with Crippen LogP contribution in [0.15, 0.2) is 29.2 Å². The first kappa shape index (κ1) is 17.6. The summed E-state index contributed by atoms with van der Waals surface area (Å²) in [5.41, 5.74) is 6.36. The Bertz CT molecular complexity index is 570. The van der Waals surface area contributed by atoms with Crippen molar-refractivity contribution in [3.8, 4) is 0 Å². The topological polar surface area (TPSA) is 101 Å². The van der Waals surface area contributed by atoms with Gasteiger partial charge in [0.15, 0.2) is 0 Å². The number of benzene rings is 1. The summed E-state index contributed by atoms with van der Waals surface area (Å²) in [4.78, 5) is 12.1. The van der Waals surface area contributed by atoms with Crippen LogP contribution < -0.4 is 15.8 Å². The van der Waals surface area contributed by atoms with Gasteiger partial charge >= 0.3 is 0 Å². The Labute approximate surface area is 126 Å². The van der Waals surface area contributed by atoms with Crippen molar-refractivity contribution in [1.82, 2.24) is 4.72 Å². The van der Waals surface area contributed by atoms with Crippen LogP contribution in [0.5, 0.6) is 0 Å². The number of sulfonamides is 1. The molecule has 0 aliphatic heterocycles. The van der Waals surface area contributed by atoms with Crippen molar-refractivity contribution < 1.29 is 13.2 Å². The van der Waals surface area contributed by atoms with Crippen molar-refractivity contribution in [3.05, 3.63) is 24.3 Å². The molecule has 2 atom stereocenters. The SMILES string of the molecule is CCNS(=O)(=O)c1ccc(NC(=O)[C@@H](N)C(C)CC)cc1. The van der Waals surface area contributed by atoms with E-state index in [9.17, 15) is 13.2 Å². The molecule has 7 heteroatoms. The summed E-state index contributed by atoms with van der Waals surface area (Å²) in [6.45, 7) is 5.92. The largest absolute Gasteiger partial charge is 0.325 e. The van der Waals surface area contributed by atoms with Gasteiger partial charge in [0.2, 0.25) is 15.9 Å². The van der Waals surface area contributed by atoms with Crippen LogP contribution in [-0.2, 0) is 14.8 Å². The lowest BCUT2D eigenvalue weighted by Crippen LogP contribution is -2.40. The molecule has 4 N–H and O–H groups in total. The summed E-state index contributed by atoms with van der Waals surface area (Å²) in [7, 11) is -3.48. The molecule has 1 aromatic rings. The minimum absolute atomic E-state index is 0.0819. The summed E-state index contributed by atoms with van der Waals surface area (Å²) >= 11 is 0. The lowest BCUT2D eigenvalue weighted by molar-refractivity contribution is -0.118. The highest BCUT2D eigenvalue weighted by molar-refractivity contribution is 7.89. The molecular formula is C14H23N3O3S. The molecule has 118 valence electrons. The van der Waals surface area contributed by atoms with Crippen LogP contribution in [0.4, 0.5) is 5.69 Å². The minimum atomic E-state index is -3.48. The van der Waals surface area contributed by atoms with Crippen LogP contribution in [-0.4, -0.2) is 26.9 Å². The van der Waals surface area contributed by atoms with Crippen molar-refractivity contribution >= 4 is 21.6 Å². The maximum atomic E-state index is 11.9. The third-order valence-corrected chi connectivity index (χ3v) is 4.89. The molecule has 0 fully saturated rings. The number of rotatable bonds is 7. The smallest absolute Gasteiger partial charge is 0.241 e. The number of carbonyl (C=O) groups is 1. The Morgan fingerprint density at radius 3 is 2.29 bits per heavy atom. The number of amides is 1. The van der Waals surface area contributed by atoms with E-state index in [4.69, 9.17) is 5.73 Å². The standard InChI is InChI=1S/C14H23N3O3S/c1-4-10(3)13(15)14(18)17-11-6-8-12(9-7-11)21(19,20)16-5-2/h6-10,13,16H,4-5,15H2,1-3H3,(H,17,18)/t10?,13-/m0/s1. The summed E-state index contributed by atoms with van der Waals surface area (Å²) in [6.07, 6.45) is 0.814. The Balaban J connectivity index is 2.78. The molecule has 0 saturated heterocycles. The molecule has 21 heavy (non-hydrogen) atoms. The van der Waals surface area contributed by atoms with Crippen molar-refractivity contribution in [2.75, 3.05) is 11.9 Å². The van der Waals surface area contributed by atoms with Gasteiger partial charge in [0.1, 0.15) is 0 Å². The van der Waals surface area contributed by atoms with E-state index in [0.717, 1.165) is 6.42 Å². The van der Waals surface area contributed by atoms with Gasteiger partial charge in [-0.1, -0.05) is 27.2 Å². The van der Waals surface area contributed by atoms with Crippen LogP contribution in [0, 0.1) is 5.92 Å². The van der Waals surface area contributed by atoms with Gasteiger partial charge in [-0.25, -0.2) is 13.1 Å². The number of carbonyl (C=O) groups excluding carboxylic acids is 1. The fraction of sp³-hybridized carbons (Fsp3) is 0.500. The zero-order valence-electron chi connectivity index (χ0n) is 12.6. The number of hydrogen-bond donors (Lipinski definition) is 3. The molecule has 0 aliphatic rings. The van der Waals surface area contributed by atoms with E-state index in [0.29, 0.717) is 12.2 Å². The van der Waals surface area contributed by atoms with Crippen LogP contribution >= 0.6 is 0 Å². The Kier molecular flexibility index (Phi) is 6.32. The normalized spacial score (nSPS) is 14.5. The summed E-state index contributed by atoms with van der Waals surface area (Å²) < 4.78 is 26.0.